The van der Waals surface area contributed by atoms with Gasteiger partial charge in [0, 0.05) is 20.5 Å². The zero-order valence-electron chi connectivity index (χ0n) is 8.81. The molecule has 0 aliphatic rings. The Hall–Kier alpha value is 0.460. The van der Waals surface area contributed by atoms with E-state index in [1.54, 1.807) is 11.3 Å². The molecule has 2 rings (SSSR count). The van der Waals surface area contributed by atoms with Gasteiger partial charge in [-0.3, -0.25) is 0 Å². The molecule has 1 unspecified atom stereocenters. The molecule has 1 atom stereocenters. The molecule has 0 radical (unpaired) electrons. The fourth-order valence-corrected chi connectivity index (χ4v) is 5.37. The van der Waals surface area contributed by atoms with E-state index in [9.17, 15) is 0 Å². The average Bonchev–Trinajstić information content (AvgIpc) is 2.57. The van der Waals surface area contributed by atoms with Crippen molar-refractivity contribution in [2.75, 3.05) is 0 Å². The molecule has 1 heterocycles. The molecule has 0 fully saturated rings. The molecular formula is C12H8Br2Cl2S. The highest BCUT2D eigenvalue weighted by atomic mass is 79.9. The zero-order valence-corrected chi connectivity index (χ0v) is 14.3. The summed E-state index contributed by atoms with van der Waals surface area (Å²) in [7, 11) is 0. The van der Waals surface area contributed by atoms with Crippen LogP contribution in [0.2, 0.25) is 10.0 Å². The van der Waals surface area contributed by atoms with E-state index >= 15 is 0 Å². The summed E-state index contributed by atoms with van der Waals surface area (Å²) >= 11 is 21.3. The van der Waals surface area contributed by atoms with E-state index < -0.39 is 0 Å². The molecule has 0 spiro atoms. The number of alkyl halides is 1. The number of halogens is 4. The molecule has 5 heteroatoms. The van der Waals surface area contributed by atoms with Crippen LogP contribution >= 0.6 is 66.4 Å². The summed E-state index contributed by atoms with van der Waals surface area (Å²) in [6.07, 6.45) is 0. The highest BCUT2D eigenvalue weighted by molar-refractivity contribution is 9.11. The SMILES string of the molecule is Cc1sc(Br)cc1C(Br)c1c(Cl)cccc1Cl. The molecule has 0 aliphatic carbocycles. The van der Waals surface area contributed by atoms with Crippen molar-refractivity contribution < 1.29 is 0 Å². The van der Waals surface area contributed by atoms with Crippen LogP contribution < -0.4 is 0 Å². The Morgan fingerprint density at radius 2 is 1.82 bits per heavy atom. The summed E-state index contributed by atoms with van der Waals surface area (Å²) in [6.45, 7) is 2.09. The van der Waals surface area contributed by atoms with Crippen LogP contribution in [-0.2, 0) is 0 Å². The molecule has 0 nitrogen and oxygen atoms in total. The number of hydrogen-bond acceptors (Lipinski definition) is 1. The van der Waals surface area contributed by atoms with E-state index in [1.807, 2.05) is 18.2 Å². The van der Waals surface area contributed by atoms with Gasteiger partial charge in [0.2, 0.25) is 0 Å². The van der Waals surface area contributed by atoms with E-state index in [0.717, 1.165) is 9.35 Å². The van der Waals surface area contributed by atoms with E-state index in [0.29, 0.717) is 10.0 Å². The lowest BCUT2D eigenvalue weighted by atomic mass is 10.1. The molecule has 0 bridgehead atoms. The lowest BCUT2D eigenvalue weighted by Gasteiger charge is -2.13. The smallest absolute Gasteiger partial charge is 0.0704 e. The van der Waals surface area contributed by atoms with Crippen molar-refractivity contribution in [1.29, 1.82) is 0 Å². The Morgan fingerprint density at radius 3 is 2.29 bits per heavy atom. The Bertz CT molecular complexity index is 531. The second-order valence-corrected chi connectivity index (χ2v) is 7.93. The molecule has 1 aromatic heterocycles. The van der Waals surface area contributed by atoms with Crippen molar-refractivity contribution in [2.24, 2.45) is 0 Å². The van der Waals surface area contributed by atoms with Gasteiger partial charge in [-0.1, -0.05) is 45.2 Å². The summed E-state index contributed by atoms with van der Waals surface area (Å²) in [5, 5.41) is 1.36. The lowest BCUT2D eigenvalue weighted by molar-refractivity contribution is 1.17. The second kappa shape index (κ2) is 5.62. The van der Waals surface area contributed by atoms with Crippen molar-refractivity contribution >= 4 is 66.4 Å². The van der Waals surface area contributed by atoms with Gasteiger partial charge in [0.1, 0.15) is 0 Å². The summed E-state index contributed by atoms with van der Waals surface area (Å²) in [5.41, 5.74) is 2.11. The van der Waals surface area contributed by atoms with Crippen LogP contribution in [0.25, 0.3) is 0 Å². The maximum absolute atomic E-state index is 6.21. The van der Waals surface area contributed by atoms with Gasteiger partial charge in [0.05, 0.1) is 8.61 Å². The van der Waals surface area contributed by atoms with Gasteiger partial charge in [0.15, 0.2) is 0 Å². The first-order valence-electron chi connectivity index (χ1n) is 4.84. The van der Waals surface area contributed by atoms with E-state index in [2.05, 4.69) is 44.8 Å². The first-order chi connectivity index (χ1) is 8.00. The van der Waals surface area contributed by atoms with E-state index in [-0.39, 0.29) is 4.83 Å². The molecule has 0 saturated carbocycles. The minimum absolute atomic E-state index is 0.0197. The van der Waals surface area contributed by atoms with Crippen molar-refractivity contribution in [3.8, 4) is 0 Å². The molecule has 17 heavy (non-hydrogen) atoms. The van der Waals surface area contributed by atoms with Crippen LogP contribution in [0.1, 0.15) is 20.8 Å². The third-order valence-electron chi connectivity index (χ3n) is 2.45. The highest BCUT2D eigenvalue weighted by Gasteiger charge is 2.20. The van der Waals surface area contributed by atoms with Gasteiger partial charge in [-0.25, -0.2) is 0 Å². The van der Waals surface area contributed by atoms with Crippen molar-refractivity contribution in [2.45, 2.75) is 11.8 Å². The van der Waals surface area contributed by atoms with Crippen LogP contribution in [0, 0.1) is 6.92 Å². The monoisotopic (exact) mass is 412 g/mol. The van der Waals surface area contributed by atoms with Gasteiger partial charge >= 0.3 is 0 Å². The van der Waals surface area contributed by atoms with Crippen LogP contribution in [-0.4, -0.2) is 0 Å². The molecule has 0 amide bonds. The Kier molecular flexibility index (Phi) is 4.59. The van der Waals surface area contributed by atoms with Gasteiger partial charge in [-0.2, -0.15) is 0 Å². The Morgan fingerprint density at radius 1 is 1.24 bits per heavy atom. The molecule has 0 saturated heterocycles. The third kappa shape index (κ3) is 2.90. The number of thiophene rings is 1. The minimum Gasteiger partial charge on any atom is -0.133 e. The van der Waals surface area contributed by atoms with Crippen LogP contribution in [0.4, 0.5) is 0 Å². The van der Waals surface area contributed by atoms with Crippen molar-refractivity contribution in [3.05, 3.63) is 54.1 Å². The van der Waals surface area contributed by atoms with E-state index in [4.69, 9.17) is 23.2 Å². The van der Waals surface area contributed by atoms with Gasteiger partial charge < -0.3 is 0 Å². The fourth-order valence-electron chi connectivity index (χ4n) is 1.62. The van der Waals surface area contributed by atoms with Crippen molar-refractivity contribution in [1.82, 2.24) is 0 Å². The predicted molar refractivity (Wildman–Crippen MR) is 84.0 cm³/mol. The van der Waals surface area contributed by atoms with Gasteiger partial charge in [-0.15, -0.1) is 11.3 Å². The van der Waals surface area contributed by atoms with Crippen molar-refractivity contribution in [3.63, 3.8) is 0 Å². The number of rotatable bonds is 2. The normalized spacial score (nSPS) is 12.8. The topological polar surface area (TPSA) is 0 Å². The predicted octanol–water partition coefficient (Wildman–Crippen LogP) is 6.61. The standard InChI is InChI=1S/C12H8Br2Cl2S/c1-6-7(5-10(13)17-6)12(14)11-8(15)3-2-4-9(11)16/h2-5,12H,1H3. The minimum atomic E-state index is 0.0197. The largest absolute Gasteiger partial charge is 0.133 e. The maximum Gasteiger partial charge on any atom is 0.0704 e. The lowest BCUT2D eigenvalue weighted by Crippen LogP contribution is -1.95. The molecule has 0 aliphatic heterocycles. The fraction of sp³-hybridized carbons (Fsp3) is 0.167. The summed E-state index contributed by atoms with van der Waals surface area (Å²) in [5.74, 6) is 0. The zero-order chi connectivity index (χ0) is 12.6. The summed E-state index contributed by atoms with van der Waals surface area (Å²) in [6, 6.07) is 7.66. The Balaban J connectivity index is 2.51. The first kappa shape index (κ1) is 13.9. The molecule has 0 N–H and O–H groups in total. The van der Waals surface area contributed by atoms with Crippen LogP contribution in [0.5, 0.6) is 0 Å². The highest BCUT2D eigenvalue weighted by Crippen LogP contribution is 2.43. The molecule has 1 aromatic carbocycles. The number of aryl methyl sites for hydroxylation is 1. The first-order valence-corrected chi connectivity index (χ1v) is 8.12. The van der Waals surface area contributed by atoms with E-state index in [1.165, 1.54) is 10.4 Å². The molecular weight excluding hydrogens is 407 g/mol. The maximum atomic E-state index is 6.21. The molecule has 2 aromatic rings. The number of benzene rings is 1. The quantitative estimate of drug-likeness (QED) is 0.485. The van der Waals surface area contributed by atoms with Gasteiger partial charge in [0.25, 0.3) is 0 Å². The molecule has 90 valence electrons. The van der Waals surface area contributed by atoms with Gasteiger partial charge in [-0.05, 0) is 46.6 Å². The third-order valence-corrected chi connectivity index (χ3v) is 5.63. The van der Waals surface area contributed by atoms with Crippen LogP contribution in [0.15, 0.2) is 28.1 Å². The van der Waals surface area contributed by atoms with Crippen LogP contribution in [0.3, 0.4) is 0 Å². The summed E-state index contributed by atoms with van der Waals surface area (Å²) < 4.78 is 1.11. The summed E-state index contributed by atoms with van der Waals surface area (Å²) in [4.78, 5) is 1.26. The average molecular weight is 415 g/mol. The Labute approximate surface area is 131 Å². The number of hydrogen-bond donors (Lipinski definition) is 0. The second-order valence-electron chi connectivity index (χ2n) is 3.56.